The Morgan fingerprint density at radius 3 is 2.56 bits per heavy atom. The number of nitro benzene ring substituents is 1. The third kappa shape index (κ3) is 4.91. The first-order valence-electron chi connectivity index (χ1n) is 8.01. The standard InChI is InChI=1S/C18H16N4O4S/c1-26-15-8-4-12(5-9-15)10-16-17(23)20-18(27-16)21-19-11-13-2-6-14(7-3-13)22(24)25/h2-9,11,16H,10H2,1H3,(H,20,21,23)/t16-/m1/s1. The minimum atomic E-state index is -0.463. The molecule has 27 heavy (non-hydrogen) atoms. The van der Waals surface area contributed by atoms with Gasteiger partial charge in [0, 0.05) is 12.1 Å². The first-order valence-corrected chi connectivity index (χ1v) is 8.89. The van der Waals surface area contributed by atoms with Crippen LogP contribution >= 0.6 is 11.8 Å². The van der Waals surface area contributed by atoms with Gasteiger partial charge in [0.1, 0.15) is 5.75 Å². The van der Waals surface area contributed by atoms with Gasteiger partial charge in [-0.15, -0.1) is 5.10 Å². The van der Waals surface area contributed by atoms with E-state index in [0.717, 1.165) is 11.3 Å². The largest absolute Gasteiger partial charge is 0.497 e. The van der Waals surface area contributed by atoms with Crippen LogP contribution in [0.1, 0.15) is 11.1 Å². The lowest BCUT2D eigenvalue weighted by Crippen LogP contribution is -2.25. The Labute approximate surface area is 159 Å². The zero-order valence-corrected chi connectivity index (χ0v) is 15.2. The summed E-state index contributed by atoms with van der Waals surface area (Å²) in [6.07, 6.45) is 2.05. The van der Waals surface area contributed by atoms with Gasteiger partial charge in [0.25, 0.3) is 5.69 Å². The van der Waals surface area contributed by atoms with Crippen molar-refractivity contribution < 1.29 is 14.5 Å². The van der Waals surface area contributed by atoms with Crippen LogP contribution in [0.15, 0.2) is 58.7 Å². The van der Waals surface area contributed by atoms with E-state index in [2.05, 4.69) is 15.5 Å². The number of methoxy groups -OCH3 is 1. The molecule has 0 radical (unpaired) electrons. The van der Waals surface area contributed by atoms with Crippen LogP contribution in [0.2, 0.25) is 0 Å². The summed E-state index contributed by atoms with van der Waals surface area (Å²) in [6, 6.07) is 13.5. The lowest BCUT2D eigenvalue weighted by Gasteiger charge is -2.06. The Morgan fingerprint density at radius 2 is 1.93 bits per heavy atom. The Bertz CT molecular complexity index is 895. The van der Waals surface area contributed by atoms with Gasteiger partial charge in [0.15, 0.2) is 5.17 Å². The summed E-state index contributed by atoms with van der Waals surface area (Å²) in [4.78, 5) is 22.3. The second kappa shape index (κ2) is 8.45. The highest BCUT2D eigenvalue weighted by Gasteiger charge is 2.30. The third-order valence-electron chi connectivity index (χ3n) is 3.82. The molecule has 1 amide bonds. The lowest BCUT2D eigenvalue weighted by molar-refractivity contribution is -0.384. The molecule has 1 fully saturated rings. The number of amides is 1. The summed E-state index contributed by atoms with van der Waals surface area (Å²) in [5.74, 6) is 0.658. The average Bonchev–Trinajstić information content (AvgIpc) is 3.02. The zero-order valence-electron chi connectivity index (χ0n) is 14.4. The van der Waals surface area contributed by atoms with Crippen LogP contribution in [0, 0.1) is 10.1 Å². The number of nitro groups is 1. The Kier molecular flexibility index (Phi) is 5.82. The SMILES string of the molecule is COc1ccc(C[C@H]2S/C(=N/N=Cc3ccc([N+](=O)[O-])cc3)NC2=O)cc1. The van der Waals surface area contributed by atoms with Gasteiger partial charge in [0.05, 0.1) is 23.5 Å². The number of thioether (sulfide) groups is 1. The first-order chi connectivity index (χ1) is 13.0. The third-order valence-corrected chi connectivity index (χ3v) is 4.89. The molecule has 0 saturated carbocycles. The molecular weight excluding hydrogens is 368 g/mol. The predicted molar refractivity (Wildman–Crippen MR) is 104 cm³/mol. The smallest absolute Gasteiger partial charge is 0.269 e. The van der Waals surface area contributed by atoms with Crippen molar-refractivity contribution in [2.24, 2.45) is 10.2 Å². The molecule has 3 rings (SSSR count). The number of nitrogens with one attached hydrogen (secondary N) is 1. The predicted octanol–water partition coefficient (Wildman–Crippen LogP) is 2.77. The quantitative estimate of drug-likeness (QED) is 0.468. The topological polar surface area (TPSA) is 106 Å². The highest BCUT2D eigenvalue weighted by Crippen LogP contribution is 2.24. The molecule has 0 bridgehead atoms. The molecule has 2 aromatic rings. The number of nitrogens with zero attached hydrogens (tertiary/aromatic N) is 3. The molecule has 1 heterocycles. The van der Waals surface area contributed by atoms with Gasteiger partial charge in [-0.2, -0.15) is 5.10 Å². The summed E-state index contributed by atoms with van der Waals surface area (Å²) in [6.45, 7) is 0. The molecule has 0 aromatic heterocycles. The summed E-state index contributed by atoms with van der Waals surface area (Å²) >= 11 is 1.32. The Morgan fingerprint density at radius 1 is 1.22 bits per heavy atom. The highest BCUT2D eigenvalue weighted by molar-refractivity contribution is 8.15. The maximum Gasteiger partial charge on any atom is 0.269 e. The summed E-state index contributed by atoms with van der Waals surface area (Å²) < 4.78 is 5.12. The maximum absolute atomic E-state index is 12.1. The molecule has 138 valence electrons. The summed E-state index contributed by atoms with van der Waals surface area (Å²) in [5.41, 5.74) is 1.71. The fraction of sp³-hybridized carbons (Fsp3) is 0.167. The Balaban J connectivity index is 1.59. The first kappa shape index (κ1) is 18.6. The molecular formula is C18H16N4O4S. The molecule has 8 nitrogen and oxygen atoms in total. The van der Waals surface area contributed by atoms with E-state index >= 15 is 0 Å². The number of ether oxygens (including phenoxy) is 1. The van der Waals surface area contributed by atoms with Gasteiger partial charge in [-0.25, -0.2) is 0 Å². The zero-order chi connectivity index (χ0) is 19.2. The van der Waals surface area contributed by atoms with E-state index in [1.807, 2.05) is 24.3 Å². The van der Waals surface area contributed by atoms with Gasteiger partial charge in [-0.3, -0.25) is 14.9 Å². The van der Waals surface area contributed by atoms with Crippen LogP contribution in [-0.2, 0) is 11.2 Å². The van der Waals surface area contributed by atoms with Crippen molar-refractivity contribution in [2.75, 3.05) is 7.11 Å². The van der Waals surface area contributed by atoms with E-state index in [-0.39, 0.29) is 16.8 Å². The average molecular weight is 384 g/mol. The van der Waals surface area contributed by atoms with Crippen molar-refractivity contribution >= 4 is 34.7 Å². The molecule has 1 aliphatic rings. The molecule has 0 aliphatic carbocycles. The van der Waals surface area contributed by atoms with Crippen LogP contribution in [-0.4, -0.2) is 34.6 Å². The number of rotatable bonds is 6. The van der Waals surface area contributed by atoms with Gasteiger partial charge in [0.2, 0.25) is 5.91 Å². The number of non-ortho nitro benzene ring substituents is 1. The van der Waals surface area contributed by atoms with E-state index in [9.17, 15) is 14.9 Å². The van der Waals surface area contributed by atoms with Gasteiger partial charge in [-0.05, 0) is 41.8 Å². The monoisotopic (exact) mass is 384 g/mol. The lowest BCUT2D eigenvalue weighted by atomic mass is 10.1. The van der Waals surface area contributed by atoms with Crippen LogP contribution in [0.3, 0.4) is 0 Å². The molecule has 0 unspecified atom stereocenters. The number of benzene rings is 2. The van der Waals surface area contributed by atoms with Crippen LogP contribution in [0.5, 0.6) is 5.75 Å². The van der Waals surface area contributed by atoms with E-state index in [0.29, 0.717) is 17.2 Å². The molecule has 0 spiro atoms. The Hall–Kier alpha value is -3.20. The minimum absolute atomic E-state index is 0.0125. The number of carbonyl (C=O) groups excluding carboxylic acids is 1. The second-order valence-electron chi connectivity index (χ2n) is 5.65. The van der Waals surface area contributed by atoms with Gasteiger partial charge >= 0.3 is 0 Å². The van der Waals surface area contributed by atoms with Crippen molar-refractivity contribution in [2.45, 2.75) is 11.7 Å². The van der Waals surface area contributed by atoms with E-state index in [4.69, 9.17) is 4.74 Å². The van der Waals surface area contributed by atoms with Crippen LogP contribution in [0.4, 0.5) is 5.69 Å². The van der Waals surface area contributed by atoms with Gasteiger partial charge in [-0.1, -0.05) is 23.9 Å². The van der Waals surface area contributed by atoms with Crippen molar-refractivity contribution in [1.29, 1.82) is 0 Å². The molecule has 2 aromatic carbocycles. The second-order valence-corrected chi connectivity index (χ2v) is 6.84. The fourth-order valence-electron chi connectivity index (χ4n) is 2.39. The molecule has 1 saturated heterocycles. The van der Waals surface area contributed by atoms with Crippen molar-refractivity contribution in [3.05, 3.63) is 69.8 Å². The van der Waals surface area contributed by atoms with Crippen molar-refractivity contribution in [3.63, 3.8) is 0 Å². The minimum Gasteiger partial charge on any atom is -0.497 e. The van der Waals surface area contributed by atoms with E-state index < -0.39 is 4.92 Å². The number of amidine groups is 1. The van der Waals surface area contributed by atoms with E-state index in [1.165, 1.54) is 30.1 Å². The van der Waals surface area contributed by atoms with Crippen molar-refractivity contribution in [1.82, 2.24) is 5.32 Å². The van der Waals surface area contributed by atoms with Gasteiger partial charge < -0.3 is 10.1 Å². The summed E-state index contributed by atoms with van der Waals surface area (Å²) in [7, 11) is 1.61. The normalized spacial score (nSPS) is 18.0. The van der Waals surface area contributed by atoms with E-state index in [1.54, 1.807) is 19.2 Å². The fourth-order valence-corrected chi connectivity index (χ4v) is 3.36. The van der Waals surface area contributed by atoms with Crippen LogP contribution in [0.25, 0.3) is 0 Å². The number of carbonyl (C=O) groups is 1. The molecule has 1 N–H and O–H groups in total. The number of hydrogen-bond acceptors (Lipinski definition) is 7. The van der Waals surface area contributed by atoms with Crippen molar-refractivity contribution in [3.8, 4) is 5.75 Å². The number of hydrogen-bond donors (Lipinski definition) is 1. The highest BCUT2D eigenvalue weighted by atomic mass is 32.2. The maximum atomic E-state index is 12.1. The van der Waals surface area contributed by atoms with Crippen LogP contribution < -0.4 is 10.1 Å². The molecule has 9 heteroatoms. The molecule has 1 aliphatic heterocycles. The summed E-state index contributed by atoms with van der Waals surface area (Å²) in [5, 5.41) is 21.4. The molecule has 1 atom stereocenters.